The predicted molar refractivity (Wildman–Crippen MR) is 103 cm³/mol. The summed E-state index contributed by atoms with van der Waals surface area (Å²) in [5.41, 5.74) is 4.29. The van der Waals surface area contributed by atoms with Crippen LogP contribution >= 0.6 is 0 Å². The molecule has 5 heteroatoms. The Kier molecular flexibility index (Phi) is 5.31. The number of carbonyl (C=O) groups excluding carboxylic acids is 2. The Bertz CT molecular complexity index is 909. The third kappa shape index (κ3) is 4.03. The lowest BCUT2D eigenvalue weighted by Crippen LogP contribution is -2.21. The SMILES string of the molecule is CCC1=C(c2ccc(OC(C)=O)cc2)C(C)Oc2cc(OC(C)=O)ccc21. The molecule has 1 aliphatic rings. The molecule has 27 heavy (non-hydrogen) atoms. The van der Waals surface area contributed by atoms with E-state index in [1.54, 1.807) is 24.3 Å². The fraction of sp³-hybridized carbons (Fsp3) is 0.273. The summed E-state index contributed by atoms with van der Waals surface area (Å²) in [6.45, 7) is 6.85. The minimum Gasteiger partial charge on any atom is -0.485 e. The van der Waals surface area contributed by atoms with E-state index in [2.05, 4.69) is 6.92 Å². The summed E-state index contributed by atoms with van der Waals surface area (Å²) >= 11 is 0. The number of carbonyl (C=O) groups is 2. The molecule has 0 saturated carbocycles. The summed E-state index contributed by atoms with van der Waals surface area (Å²) in [5, 5.41) is 0. The van der Waals surface area contributed by atoms with Gasteiger partial charge in [-0.1, -0.05) is 19.1 Å². The van der Waals surface area contributed by atoms with Crippen LogP contribution in [0.5, 0.6) is 17.2 Å². The van der Waals surface area contributed by atoms with Gasteiger partial charge in [0, 0.05) is 31.1 Å². The van der Waals surface area contributed by atoms with Crippen LogP contribution in [-0.4, -0.2) is 18.0 Å². The van der Waals surface area contributed by atoms with Crippen molar-refractivity contribution in [2.75, 3.05) is 0 Å². The topological polar surface area (TPSA) is 61.8 Å². The van der Waals surface area contributed by atoms with Gasteiger partial charge in [0.1, 0.15) is 23.4 Å². The highest BCUT2D eigenvalue weighted by molar-refractivity contribution is 5.96. The second-order valence-corrected chi connectivity index (χ2v) is 6.38. The van der Waals surface area contributed by atoms with Gasteiger partial charge in [-0.3, -0.25) is 9.59 Å². The first-order valence-electron chi connectivity index (χ1n) is 8.90. The largest absolute Gasteiger partial charge is 0.485 e. The lowest BCUT2D eigenvalue weighted by atomic mass is 9.87. The van der Waals surface area contributed by atoms with E-state index < -0.39 is 0 Å². The van der Waals surface area contributed by atoms with E-state index >= 15 is 0 Å². The highest BCUT2D eigenvalue weighted by Gasteiger charge is 2.26. The number of esters is 2. The molecule has 2 aromatic rings. The lowest BCUT2D eigenvalue weighted by Gasteiger charge is -2.29. The van der Waals surface area contributed by atoms with Gasteiger partial charge >= 0.3 is 11.9 Å². The molecule has 0 saturated heterocycles. The zero-order valence-electron chi connectivity index (χ0n) is 15.9. The Morgan fingerprint density at radius 2 is 1.56 bits per heavy atom. The van der Waals surface area contributed by atoms with Gasteiger partial charge in [0.05, 0.1) is 0 Å². The summed E-state index contributed by atoms with van der Waals surface area (Å²) in [5.74, 6) is 0.985. The molecule has 1 atom stereocenters. The molecule has 0 aliphatic carbocycles. The fourth-order valence-electron chi connectivity index (χ4n) is 3.38. The average molecular weight is 366 g/mol. The second-order valence-electron chi connectivity index (χ2n) is 6.38. The maximum Gasteiger partial charge on any atom is 0.308 e. The van der Waals surface area contributed by atoms with E-state index in [-0.39, 0.29) is 18.0 Å². The van der Waals surface area contributed by atoms with Crippen molar-refractivity contribution < 1.29 is 23.8 Å². The molecule has 0 bridgehead atoms. The van der Waals surface area contributed by atoms with Gasteiger partial charge in [-0.2, -0.15) is 0 Å². The van der Waals surface area contributed by atoms with Crippen LogP contribution in [0.2, 0.25) is 0 Å². The maximum atomic E-state index is 11.2. The van der Waals surface area contributed by atoms with Crippen molar-refractivity contribution in [1.29, 1.82) is 0 Å². The van der Waals surface area contributed by atoms with Gasteiger partial charge in [0.2, 0.25) is 0 Å². The first-order chi connectivity index (χ1) is 12.9. The van der Waals surface area contributed by atoms with Crippen molar-refractivity contribution in [1.82, 2.24) is 0 Å². The quantitative estimate of drug-likeness (QED) is 0.583. The van der Waals surface area contributed by atoms with E-state index in [1.807, 2.05) is 25.1 Å². The molecule has 0 amide bonds. The number of ether oxygens (including phenoxy) is 3. The molecule has 0 radical (unpaired) electrons. The molecule has 1 unspecified atom stereocenters. The first-order valence-corrected chi connectivity index (χ1v) is 8.90. The van der Waals surface area contributed by atoms with Gasteiger partial charge in [0.25, 0.3) is 0 Å². The van der Waals surface area contributed by atoms with Crippen molar-refractivity contribution in [3.05, 3.63) is 53.6 Å². The summed E-state index contributed by atoms with van der Waals surface area (Å²) in [7, 11) is 0. The Balaban J connectivity index is 2.02. The van der Waals surface area contributed by atoms with Crippen LogP contribution in [0.1, 0.15) is 45.2 Å². The number of hydrogen-bond acceptors (Lipinski definition) is 5. The van der Waals surface area contributed by atoms with Gasteiger partial charge in [-0.05, 0) is 48.7 Å². The maximum absolute atomic E-state index is 11.2. The van der Waals surface area contributed by atoms with E-state index in [0.29, 0.717) is 17.2 Å². The number of benzene rings is 2. The number of rotatable bonds is 4. The molecule has 1 heterocycles. The van der Waals surface area contributed by atoms with E-state index in [0.717, 1.165) is 23.1 Å². The average Bonchev–Trinajstić information content (AvgIpc) is 2.60. The van der Waals surface area contributed by atoms with Crippen LogP contribution in [0.3, 0.4) is 0 Å². The van der Waals surface area contributed by atoms with E-state index in [9.17, 15) is 9.59 Å². The zero-order valence-corrected chi connectivity index (χ0v) is 15.9. The van der Waals surface area contributed by atoms with Crippen molar-refractivity contribution in [2.45, 2.75) is 40.2 Å². The molecular weight excluding hydrogens is 344 g/mol. The normalized spacial score (nSPS) is 15.6. The van der Waals surface area contributed by atoms with Crippen molar-refractivity contribution >= 4 is 23.1 Å². The minimum absolute atomic E-state index is 0.167. The predicted octanol–water partition coefficient (Wildman–Crippen LogP) is 4.64. The molecule has 1 aliphatic heterocycles. The van der Waals surface area contributed by atoms with Gasteiger partial charge in [-0.15, -0.1) is 0 Å². The molecule has 0 spiro atoms. The van der Waals surface area contributed by atoms with E-state index in [4.69, 9.17) is 14.2 Å². The van der Waals surface area contributed by atoms with Crippen molar-refractivity contribution in [3.8, 4) is 17.2 Å². The standard InChI is InChI=1S/C22H22O5/c1-5-19-20-11-10-18(27-15(4)24)12-21(20)25-13(2)22(19)16-6-8-17(9-7-16)26-14(3)23/h6-13H,5H2,1-4H3. The number of allylic oxidation sites excluding steroid dienone is 1. The molecule has 3 rings (SSSR count). The van der Waals surface area contributed by atoms with Gasteiger partial charge in [0.15, 0.2) is 0 Å². The molecular formula is C22H22O5. The number of hydrogen-bond donors (Lipinski definition) is 0. The first kappa shape index (κ1) is 18.7. The molecule has 0 fully saturated rings. The van der Waals surface area contributed by atoms with E-state index in [1.165, 1.54) is 19.4 Å². The van der Waals surface area contributed by atoms with Gasteiger partial charge in [-0.25, -0.2) is 0 Å². The highest BCUT2D eigenvalue weighted by Crippen LogP contribution is 2.43. The Labute approximate surface area is 158 Å². The Morgan fingerprint density at radius 3 is 2.15 bits per heavy atom. The Hall–Kier alpha value is -3.08. The molecule has 2 aromatic carbocycles. The fourth-order valence-corrected chi connectivity index (χ4v) is 3.38. The second kappa shape index (κ2) is 7.66. The van der Waals surface area contributed by atoms with Crippen LogP contribution in [0.4, 0.5) is 0 Å². The molecule has 0 N–H and O–H groups in total. The number of fused-ring (bicyclic) bond motifs is 1. The monoisotopic (exact) mass is 366 g/mol. The lowest BCUT2D eigenvalue weighted by molar-refractivity contribution is -0.132. The summed E-state index contributed by atoms with van der Waals surface area (Å²) in [6.07, 6.45) is 0.661. The third-order valence-corrected chi connectivity index (χ3v) is 4.36. The molecule has 140 valence electrons. The van der Waals surface area contributed by atoms with Crippen LogP contribution in [0, 0.1) is 0 Å². The summed E-state index contributed by atoms with van der Waals surface area (Å²) < 4.78 is 16.4. The van der Waals surface area contributed by atoms with Crippen LogP contribution in [-0.2, 0) is 9.59 Å². The summed E-state index contributed by atoms with van der Waals surface area (Å²) in [6, 6.07) is 12.9. The van der Waals surface area contributed by atoms with Gasteiger partial charge < -0.3 is 14.2 Å². The third-order valence-electron chi connectivity index (χ3n) is 4.36. The van der Waals surface area contributed by atoms with Crippen molar-refractivity contribution in [2.24, 2.45) is 0 Å². The Morgan fingerprint density at radius 1 is 0.963 bits per heavy atom. The minimum atomic E-state index is -0.362. The van der Waals surface area contributed by atoms with Crippen molar-refractivity contribution in [3.63, 3.8) is 0 Å². The van der Waals surface area contributed by atoms with Crippen LogP contribution < -0.4 is 14.2 Å². The smallest absolute Gasteiger partial charge is 0.308 e. The zero-order chi connectivity index (χ0) is 19.6. The van der Waals surface area contributed by atoms with Crippen LogP contribution in [0.15, 0.2) is 42.5 Å². The highest BCUT2D eigenvalue weighted by atomic mass is 16.5. The molecule has 0 aromatic heterocycles. The summed E-state index contributed by atoms with van der Waals surface area (Å²) in [4.78, 5) is 22.3. The molecule has 5 nitrogen and oxygen atoms in total. The van der Waals surface area contributed by atoms with Crippen LogP contribution in [0.25, 0.3) is 11.1 Å².